The second-order valence-electron chi connectivity index (χ2n) is 5.34. The van der Waals surface area contributed by atoms with Crippen molar-refractivity contribution >= 4 is 35.3 Å². The van der Waals surface area contributed by atoms with E-state index in [2.05, 4.69) is 9.88 Å². The van der Waals surface area contributed by atoms with Gasteiger partial charge in [0.25, 0.3) is 5.56 Å². The molecule has 0 radical (unpaired) electrons. The first kappa shape index (κ1) is 18.8. The monoisotopic (exact) mass is 347 g/mol. The van der Waals surface area contributed by atoms with Gasteiger partial charge in [-0.3, -0.25) is 13.9 Å². The summed E-state index contributed by atoms with van der Waals surface area (Å²) in [5.41, 5.74) is 0.258. The average molecular weight is 348 g/mol. The number of aromatic nitrogens is 4. The Morgan fingerprint density at radius 1 is 1.09 bits per heavy atom. The minimum absolute atomic E-state index is 0. The Morgan fingerprint density at radius 2 is 1.73 bits per heavy atom. The highest BCUT2D eigenvalue weighted by Crippen LogP contribution is 2.20. The van der Waals surface area contributed by atoms with Crippen molar-refractivity contribution in [3.63, 3.8) is 0 Å². The van der Waals surface area contributed by atoms with Gasteiger partial charge in [-0.1, -0.05) is 11.8 Å². The number of halogens is 1. The molecule has 0 N–H and O–H groups in total. The van der Waals surface area contributed by atoms with Gasteiger partial charge in [-0.2, -0.15) is 0 Å². The van der Waals surface area contributed by atoms with Crippen molar-refractivity contribution < 1.29 is 0 Å². The highest BCUT2D eigenvalue weighted by molar-refractivity contribution is 7.99. The molecular weight excluding hydrogens is 326 g/mol. The number of rotatable bonds is 5. The molecule has 22 heavy (non-hydrogen) atoms. The average Bonchev–Trinajstić information content (AvgIpc) is 2.76. The highest BCUT2D eigenvalue weighted by atomic mass is 35.5. The first-order valence-electron chi connectivity index (χ1n) is 6.74. The van der Waals surface area contributed by atoms with Crippen molar-refractivity contribution in [2.75, 3.05) is 26.4 Å². The van der Waals surface area contributed by atoms with Crippen LogP contribution in [0, 0.1) is 0 Å². The molecule has 0 bridgehead atoms. The predicted molar refractivity (Wildman–Crippen MR) is 92.3 cm³/mol. The van der Waals surface area contributed by atoms with Crippen LogP contribution in [0.5, 0.6) is 0 Å². The van der Waals surface area contributed by atoms with Gasteiger partial charge in [-0.15, -0.1) is 12.4 Å². The summed E-state index contributed by atoms with van der Waals surface area (Å²) < 4.78 is 4.31. The van der Waals surface area contributed by atoms with E-state index in [1.165, 1.54) is 11.6 Å². The molecular formula is C13H22ClN5O2S. The Balaban J connectivity index is 0.00000242. The third-order valence-corrected chi connectivity index (χ3v) is 4.53. The van der Waals surface area contributed by atoms with Gasteiger partial charge in [0.15, 0.2) is 16.3 Å². The maximum Gasteiger partial charge on any atom is 0.332 e. The summed E-state index contributed by atoms with van der Waals surface area (Å²) in [4.78, 5) is 30.7. The summed E-state index contributed by atoms with van der Waals surface area (Å²) in [6.45, 7) is 1.01. The lowest BCUT2D eigenvalue weighted by atomic mass is 10.5. The lowest BCUT2D eigenvalue weighted by Crippen LogP contribution is -2.37. The first-order valence-corrected chi connectivity index (χ1v) is 7.73. The van der Waals surface area contributed by atoms with Crippen molar-refractivity contribution in [1.82, 2.24) is 23.6 Å². The van der Waals surface area contributed by atoms with Crippen LogP contribution in [-0.4, -0.2) is 50.0 Å². The fourth-order valence-corrected chi connectivity index (χ4v) is 3.06. The fourth-order valence-electron chi connectivity index (χ4n) is 2.17. The van der Waals surface area contributed by atoms with Crippen LogP contribution in [0.3, 0.4) is 0 Å². The van der Waals surface area contributed by atoms with E-state index in [9.17, 15) is 9.59 Å². The Morgan fingerprint density at radius 3 is 2.32 bits per heavy atom. The number of thioether (sulfide) groups is 1. The Hall–Kier alpha value is -1.25. The van der Waals surface area contributed by atoms with Gasteiger partial charge >= 0.3 is 5.69 Å². The molecule has 0 spiro atoms. The lowest BCUT2D eigenvalue weighted by molar-refractivity contribution is 0.410. The molecule has 7 nitrogen and oxygen atoms in total. The standard InChI is InChI=1S/C13H21N5O2S.ClH/c1-15(2)7-6-8-21-12-14-10-9(16(12)3)11(19)18(5)13(20)17(10)4;/h6-8H2,1-5H3;1H. The Bertz CT molecular complexity index is 777. The molecule has 0 aliphatic heterocycles. The Kier molecular flexibility index (Phi) is 6.27. The number of aryl methyl sites for hydroxylation is 2. The zero-order chi connectivity index (χ0) is 15.7. The van der Waals surface area contributed by atoms with Gasteiger partial charge < -0.3 is 9.47 Å². The van der Waals surface area contributed by atoms with Gasteiger partial charge in [0, 0.05) is 26.9 Å². The maximum absolute atomic E-state index is 12.2. The second-order valence-corrected chi connectivity index (χ2v) is 6.40. The molecule has 2 aromatic heterocycles. The zero-order valence-electron chi connectivity index (χ0n) is 13.5. The molecule has 0 saturated carbocycles. The summed E-state index contributed by atoms with van der Waals surface area (Å²) in [6.07, 6.45) is 1.04. The van der Waals surface area contributed by atoms with E-state index >= 15 is 0 Å². The van der Waals surface area contributed by atoms with Crippen LogP contribution < -0.4 is 11.2 Å². The quantitative estimate of drug-likeness (QED) is 0.580. The molecule has 0 atom stereocenters. The predicted octanol–water partition coefficient (Wildman–Crippen LogP) is 0.436. The molecule has 0 saturated heterocycles. The van der Waals surface area contributed by atoms with E-state index in [4.69, 9.17) is 0 Å². The van der Waals surface area contributed by atoms with Crippen LogP contribution in [0.15, 0.2) is 14.7 Å². The molecule has 2 heterocycles. The van der Waals surface area contributed by atoms with Crippen molar-refractivity contribution in [3.8, 4) is 0 Å². The van der Waals surface area contributed by atoms with Gasteiger partial charge in [0.1, 0.15) is 0 Å². The molecule has 0 aromatic carbocycles. The Labute approximate surface area is 139 Å². The van der Waals surface area contributed by atoms with Crippen LogP contribution in [-0.2, 0) is 21.1 Å². The summed E-state index contributed by atoms with van der Waals surface area (Å²) in [5.74, 6) is 0.920. The summed E-state index contributed by atoms with van der Waals surface area (Å²) in [6, 6.07) is 0. The van der Waals surface area contributed by atoms with E-state index in [1.54, 1.807) is 23.4 Å². The molecule has 0 aliphatic rings. The summed E-state index contributed by atoms with van der Waals surface area (Å²) in [5, 5.41) is 0.766. The molecule has 2 rings (SSSR count). The van der Waals surface area contributed by atoms with E-state index in [0.717, 1.165) is 28.4 Å². The first-order chi connectivity index (χ1) is 9.84. The minimum atomic E-state index is -0.352. The number of imidazole rings is 1. The second kappa shape index (κ2) is 7.34. The van der Waals surface area contributed by atoms with Crippen LogP contribution in [0.2, 0.25) is 0 Å². The van der Waals surface area contributed by atoms with Gasteiger partial charge in [0.2, 0.25) is 0 Å². The number of fused-ring (bicyclic) bond motifs is 1. The van der Waals surface area contributed by atoms with E-state index in [1.807, 2.05) is 21.1 Å². The van der Waals surface area contributed by atoms with Gasteiger partial charge in [-0.05, 0) is 27.1 Å². The van der Waals surface area contributed by atoms with Gasteiger partial charge in [0.05, 0.1) is 0 Å². The van der Waals surface area contributed by atoms with Crippen molar-refractivity contribution in [2.24, 2.45) is 21.1 Å². The third-order valence-electron chi connectivity index (χ3n) is 3.42. The topological polar surface area (TPSA) is 65.1 Å². The van der Waals surface area contributed by atoms with Gasteiger partial charge in [-0.25, -0.2) is 9.78 Å². The molecule has 124 valence electrons. The molecule has 0 amide bonds. The zero-order valence-corrected chi connectivity index (χ0v) is 15.1. The third kappa shape index (κ3) is 3.39. The number of nitrogens with zero attached hydrogens (tertiary/aromatic N) is 5. The van der Waals surface area contributed by atoms with E-state index in [0.29, 0.717) is 11.2 Å². The number of hydrogen-bond donors (Lipinski definition) is 0. The molecule has 2 aromatic rings. The van der Waals surface area contributed by atoms with Crippen LogP contribution in [0.1, 0.15) is 6.42 Å². The van der Waals surface area contributed by atoms with E-state index in [-0.39, 0.29) is 23.7 Å². The normalized spacial score (nSPS) is 11.2. The SMILES string of the molecule is CN(C)CCCSc1nc2c(c(=O)n(C)c(=O)n2C)n1C.Cl. The molecule has 0 unspecified atom stereocenters. The smallest absolute Gasteiger partial charge is 0.316 e. The lowest BCUT2D eigenvalue weighted by Gasteiger charge is -2.08. The fraction of sp³-hybridized carbons (Fsp3) is 0.615. The highest BCUT2D eigenvalue weighted by Gasteiger charge is 2.16. The molecule has 9 heteroatoms. The molecule has 0 fully saturated rings. The van der Waals surface area contributed by atoms with Crippen molar-refractivity contribution in [1.29, 1.82) is 0 Å². The van der Waals surface area contributed by atoms with Crippen LogP contribution >= 0.6 is 24.2 Å². The van der Waals surface area contributed by atoms with Crippen molar-refractivity contribution in [3.05, 3.63) is 20.8 Å². The minimum Gasteiger partial charge on any atom is -0.316 e. The summed E-state index contributed by atoms with van der Waals surface area (Å²) >= 11 is 1.61. The number of hydrogen-bond acceptors (Lipinski definition) is 5. The van der Waals surface area contributed by atoms with E-state index < -0.39 is 0 Å². The maximum atomic E-state index is 12.2. The largest absolute Gasteiger partial charge is 0.332 e. The molecule has 0 aliphatic carbocycles. The van der Waals surface area contributed by atoms with Crippen molar-refractivity contribution in [2.45, 2.75) is 11.6 Å². The van der Waals surface area contributed by atoms with Crippen LogP contribution in [0.25, 0.3) is 11.2 Å². The summed E-state index contributed by atoms with van der Waals surface area (Å²) in [7, 11) is 9.02. The van der Waals surface area contributed by atoms with Crippen LogP contribution in [0.4, 0.5) is 0 Å².